The zero-order valence-electron chi connectivity index (χ0n) is 17.9. The van der Waals surface area contributed by atoms with Crippen LogP contribution in [0.15, 0.2) is 70.3 Å². The van der Waals surface area contributed by atoms with Crippen molar-refractivity contribution in [3.63, 3.8) is 0 Å². The molecule has 0 saturated carbocycles. The van der Waals surface area contributed by atoms with Crippen LogP contribution in [0.2, 0.25) is 0 Å². The molecule has 168 valence electrons. The summed E-state index contributed by atoms with van der Waals surface area (Å²) in [6, 6.07) is 17.4. The lowest BCUT2D eigenvalue weighted by atomic mass is 10.1. The molecule has 0 spiro atoms. The Morgan fingerprint density at radius 2 is 1.97 bits per heavy atom. The second-order valence-electron chi connectivity index (χ2n) is 7.27. The lowest BCUT2D eigenvalue weighted by molar-refractivity contribution is 0.0996. The second kappa shape index (κ2) is 11.6. The molecule has 0 bridgehead atoms. The lowest BCUT2D eigenvalue weighted by Crippen LogP contribution is -2.37. The molecule has 1 aliphatic heterocycles. The van der Waals surface area contributed by atoms with Gasteiger partial charge in [-0.05, 0) is 53.4 Å². The van der Waals surface area contributed by atoms with Crippen molar-refractivity contribution >= 4 is 41.5 Å². The number of hydrogen-bond donors (Lipinski definition) is 3. The van der Waals surface area contributed by atoms with Crippen LogP contribution < -0.4 is 20.7 Å². The maximum atomic E-state index is 12.1. The molecular formula is C24H27IN4O3. The maximum absolute atomic E-state index is 12.1. The molecule has 0 unspecified atom stereocenters. The minimum absolute atomic E-state index is 0. The average molecular weight is 546 g/mol. The summed E-state index contributed by atoms with van der Waals surface area (Å²) >= 11 is 0. The Labute approximate surface area is 204 Å². The zero-order chi connectivity index (χ0) is 21.5. The van der Waals surface area contributed by atoms with E-state index in [1.165, 1.54) is 17.4 Å². The zero-order valence-corrected chi connectivity index (χ0v) is 20.2. The minimum atomic E-state index is -0.272. The first-order chi connectivity index (χ1) is 15.2. The minimum Gasteiger partial charge on any atom is -0.493 e. The van der Waals surface area contributed by atoms with E-state index in [2.05, 4.69) is 39.1 Å². The van der Waals surface area contributed by atoms with Crippen LogP contribution >= 0.6 is 24.0 Å². The van der Waals surface area contributed by atoms with E-state index in [0.717, 1.165) is 43.3 Å². The highest BCUT2D eigenvalue weighted by Crippen LogP contribution is 2.25. The molecule has 1 aromatic heterocycles. The summed E-state index contributed by atoms with van der Waals surface area (Å²) in [6.07, 6.45) is 3.37. The Morgan fingerprint density at radius 1 is 1.06 bits per heavy atom. The van der Waals surface area contributed by atoms with Gasteiger partial charge in [-0.2, -0.15) is 0 Å². The van der Waals surface area contributed by atoms with Gasteiger partial charge >= 0.3 is 0 Å². The number of guanidine groups is 1. The van der Waals surface area contributed by atoms with Crippen LogP contribution in [0.1, 0.15) is 27.2 Å². The van der Waals surface area contributed by atoms with E-state index in [9.17, 15) is 4.79 Å². The Hall–Kier alpha value is -3.01. The predicted molar refractivity (Wildman–Crippen MR) is 136 cm³/mol. The molecule has 0 radical (unpaired) electrons. The van der Waals surface area contributed by atoms with E-state index in [4.69, 9.17) is 9.15 Å². The topological polar surface area (TPSA) is 87.9 Å². The summed E-state index contributed by atoms with van der Waals surface area (Å²) in [5.74, 6) is 1.75. The molecule has 1 aliphatic rings. The normalized spacial score (nSPS) is 12.3. The third-order valence-electron chi connectivity index (χ3n) is 5.07. The number of nitrogens with one attached hydrogen (secondary N) is 3. The van der Waals surface area contributed by atoms with Crippen LogP contribution in [-0.2, 0) is 19.4 Å². The van der Waals surface area contributed by atoms with Crippen molar-refractivity contribution < 1.29 is 13.9 Å². The summed E-state index contributed by atoms with van der Waals surface area (Å²) < 4.78 is 10.7. The molecule has 0 atom stereocenters. The monoisotopic (exact) mass is 546 g/mol. The largest absolute Gasteiger partial charge is 0.493 e. The van der Waals surface area contributed by atoms with E-state index in [0.29, 0.717) is 12.2 Å². The molecule has 1 amide bonds. The third-order valence-corrected chi connectivity index (χ3v) is 5.07. The number of benzene rings is 2. The number of amides is 1. The van der Waals surface area contributed by atoms with Crippen molar-refractivity contribution in [2.45, 2.75) is 19.4 Å². The molecule has 0 saturated heterocycles. The first kappa shape index (κ1) is 23.6. The molecule has 32 heavy (non-hydrogen) atoms. The number of fused-ring (bicyclic) bond motifs is 1. The van der Waals surface area contributed by atoms with Gasteiger partial charge in [0.2, 0.25) is 0 Å². The number of aliphatic imine (C=N–C) groups is 1. The highest BCUT2D eigenvalue weighted by Gasteiger charge is 2.12. The summed E-state index contributed by atoms with van der Waals surface area (Å²) in [5, 5.41) is 9.50. The van der Waals surface area contributed by atoms with Crippen LogP contribution in [0, 0.1) is 0 Å². The van der Waals surface area contributed by atoms with Crippen molar-refractivity contribution in [1.82, 2.24) is 10.6 Å². The predicted octanol–water partition coefficient (Wildman–Crippen LogP) is 3.99. The van der Waals surface area contributed by atoms with Crippen LogP contribution in [0.5, 0.6) is 5.75 Å². The number of hydrogen-bond acceptors (Lipinski definition) is 4. The van der Waals surface area contributed by atoms with Crippen molar-refractivity contribution in [3.8, 4) is 5.75 Å². The van der Waals surface area contributed by atoms with E-state index in [-0.39, 0.29) is 35.6 Å². The van der Waals surface area contributed by atoms with Crippen LogP contribution in [0.3, 0.4) is 0 Å². The lowest BCUT2D eigenvalue weighted by Gasteiger charge is -2.13. The Balaban J connectivity index is 0.00000289. The van der Waals surface area contributed by atoms with Gasteiger partial charge in [-0.1, -0.05) is 24.3 Å². The molecule has 2 heterocycles. The van der Waals surface area contributed by atoms with Gasteiger partial charge in [-0.3, -0.25) is 9.79 Å². The van der Waals surface area contributed by atoms with Crippen molar-refractivity contribution in [2.75, 3.05) is 25.5 Å². The number of anilines is 1. The Kier molecular flexibility index (Phi) is 8.55. The van der Waals surface area contributed by atoms with Gasteiger partial charge in [-0.25, -0.2) is 0 Å². The molecule has 2 aromatic carbocycles. The second-order valence-corrected chi connectivity index (χ2v) is 7.27. The van der Waals surface area contributed by atoms with Crippen LogP contribution in [-0.4, -0.2) is 32.1 Å². The van der Waals surface area contributed by atoms with E-state index in [1.807, 2.05) is 24.3 Å². The van der Waals surface area contributed by atoms with Crippen molar-refractivity contribution in [1.29, 1.82) is 0 Å². The molecule has 0 fully saturated rings. The molecule has 4 rings (SSSR count). The first-order valence-corrected chi connectivity index (χ1v) is 10.3. The summed E-state index contributed by atoms with van der Waals surface area (Å²) in [4.78, 5) is 16.4. The highest BCUT2D eigenvalue weighted by molar-refractivity contribution is 14.0. The smallest absolute Gasteiger partial charge is 0.291 e. The Bertz CT molecular complexity index is 1070. The average Bonchev–Trinajstić information content (AvgIpc) is 3.48. The van der Waals surface area contributed by atoms with Crippen molar-refractivity contribution in [2.24, 2.45) is 4.99 Å². The number of nitrogens with zero attached hydrogens (tertiary/aromatic N) is 1. The number of halogens is 1. The molecule has 3 N–H and O–H groups in total. The standard InChI is InChI=1S/C24H26N4O3.HI/c1-25-24(26-11-9-17-7-8-21-19(14-17)10-13-31-21)27-16-18-4-2-5-20(15-18)28-23(29)22-6-3-12-30-22;/h2-8,12,14-15H,9-11,13,16H2,1H3,(H,28,29)(H2,25,26,27);1H. The molecule has 3 aromatic rings. The number of ether oxygens (including phenoxy) is 1. The molecular weight excluding hydrogens is 519 g/mol. The summed E-state index contributed by atoms with van der Waals surface area (Å²) in [6.45, 7) is 2.14. The van der Waals surface area contributed by atoms with Gasteiger partial charge in [-0.15, -0.1) is 24.0 Å². The quantitative estimate of drug-likeness (QED) is 0.237. The van der Waals surface area contributed by atoms with Gasteiger partial charge in [0, 0.05) is 32.2 Å². The molecule has 0 aliphatic carbocycles. The van der Waals surface area contributed by atoms with Gasteiger partial charge in [0.25, 0.3) is 5.91 Å². The van der Waals surface area contributed by atoms with Gasteiger partial charge < -0.3 is 25.1 Å². The van der Waals surface area contributed by atoms with Gasteiger partial charge in [0.1, 0.15) is 5.75 Å². The number of furan rings is 1. The van der Waals surface area contributed by atoms with Gasteiger partial charge in [0.15, 0.2) is 11.7 Å². The fourth-order valence-electron chi connectivity index (χ4n) is 3.49. The summed E-state index contributed by atoms with van der Waals surface area (Å²) in [5.41, 5.74) is 4.31. The number of carbonyl (C=O) groups is 1. The van der Waals surface area contributed by atoms with Crippen molar-refractivity contribution in [3.05, 3.63) is 83.3 Å². The van der Waals surface area contributed by atoms with Crippen LogP contribution in [0.25, 0.3) is 0 Å². The fourth-order valence-corrected chi connectivity index (χ4v) is 3.49. The van der Waals surface area contributed by atoms with Crippen LogP contribution in [0.4, 0.5) is 5.69 Å². The van der Waals surface area contributed by atoms with E-state index < -0.39 is 0 Å². The maximum Gasteiger partial charge on any atom is 0.291 e. The molecule has 7 nitrogen and oxygen atoms in total. The fraction of sp³-hybridized carbons (Fsp3) is 0.250. The highest BCUT2D eigenvalue weighted by atomic mass is 127. The third kappa shape index (κ3) is 6.25. The van der Waals surface area contributed by atoms with E-state index in [1.54, 1.807) is 19.2 Å². The number of carbonyl (C=O) groups excluding carboxylic acids is 1. The Morgan fingerprint density at radius 3 is 2.78 bits per heavy atom. The SMILES string of the molecule is CN=C(NCCc1ccc2c(c1)CCO2)NCc1cccc(NC(=O)c2ccco2)c1.I. The van der Waals surface area contributed by atoms with E-state index >= 15 is 0 Å². The number of rotatable bonds is 7. The summed E-state index contributed by atoms with van der Waals surface area (Å²) in [7, 11) is 1.75. The van der Waals surface area contributed by atoms with Gasteiger partial charge in [0.05, 0.1) is 12.9 Å². The first-order valence-electron chi connectivity index (χ1n) is 10.3. The molecule has 8 heteroatoms.